The zero-order valence-corrected chi connectivity index (χ0v) is 11.9. The third-order valence-electron chi connectivity index (χ3n) is 3.13. The average Bonchev–Trinajstić information content (AvgIpc) is 2.90. The first-order valence-electron chi connectivity index (χ1n) is 6.06. The monoisotopic (exact) mass is 261 g/mol. The summed E-state index contributed by atoms with van der Waals surface area (Å²) < 4.78 is 0. The largest absolute Gasteiger partial charge is 0.368 e. The molecule has 1 aromatic heterocycles. The number of nitrogens with zero attached hydrogens (tertiary/aromatic N) is 2. The fraction of sp³-hybridized carbons (Fsp3) is 0.357. The Hall–Kier alpha value is -1.39. The summed E-state index contributed by atoms with van der Waals surface area (Å²) in [6, 6.07) is 8.85. The summed E-state index contributed by atoms with van der Waals surface area (Å²) in [7, 11) is 4.10. The fourth-order valence-corrected chi connectivity index (χ4v) is 2.55. The van der Waals surface area contributed by atoms with E-state index in [4.69, 9.17) is 0 Å². The number of anilines is 1. The first kappa shape index (κ1) is 13.1. The molecule has 18 heavy (non-hydrogen) atoms. The Labute approximate surface area is 112 Å². The van der Waals surface area contributed by atoms with Gasteiger partial charge in [0.25, 0.3) is 0 Å². The maximum atomic E-state index is 4.34. The lowest BCUT2D eigenvalue weighted by Gasteiger charge is -2.24. The molecule has 0 aliphatic heterocycles. The van der Waals surface area contributed by atoms with E-state index in [1.54, 1.807) is 11.3 Å². The van der Waals surface area contributed by atoms with E-state index in [9.17, 15) is 0 Å². The zero-order chi connectivity index (χ0) is 13.0. The van der Waals surface area contributed by atoms with E-state index in [0.29, 0.717) is 6.04 Å². The minimum absolute atomic E-state index is 0.346. The number of benzene rings is 1. The van der Waals surface area contributed by atoms with Gasteiger partial charge in [0.15, 0.2) is 0 Å². The molecular formula is C14H19N3S. The van der Waals surface area contributed by atoms with Crippen LogP contribution >= 0.6 is 11.3 Å². The van der Waals surface area contributed by atoms with Crippen molar-refractivity contribution in [1.29, 1.82) is 0 Å². The molecular weight excluding hydrogens is 242 g/mol. The molecule has 4 heteroatoms. The van der Waals surface area contributed by atoms with E-state index in [1.165, 1.54) is 11.3 Å². The first-order valence-corrected chi connectivity index (χ1v) is 7.01. The first-order chi connectivity index (χ1) is 8.72. The van der Waals surface area contributed by atoms with E-state index in [0.717, 1.165) is 12.2 Å². The number of thiazole rings is 1. The number of hydrogen-bond donors (Lipinski definition) is 1. The molecule has 0 aliphatic rings. The van der Waals surface area contributed by atoms with Crippen LogP contribution in [-0.2, 0) is 6.54 Å². The molecule has 0 bridgehead atoms. The van der Waals surface area contributed by atoms with Crippen molar-refractivity contribution in [3.63, 3.8) is 0 Å². The van der Waals surface area contributed by atoms with Crippen molar-refractivity contribution >= 4 is 17.0 Å². The highest BCUT2D eigenvalue weighted by molar-refractivity contribution is 7.07. The van der Waals surface area contributed by atoms with Crippen molar-refractivity contribution < 1.29 is 0 Å². The topological polar surface area (TPSA) is 28.2 Å². The highest BCUT2D eigenvalue weighted by Gasteiger charge is 2.12. The highest BCUT2D eigenvalue weighted by atomic mass is 32.1. The maximum absolute atomic E-state index is 4.34. The Morgan fingerprint density at radius 1 is 1.39 bits per heavy atom. The Morgan fingerprint density at radius 2 is 2.17 bits per heavy atom. The lowest BCUT2D eigenvalue weighted by atomic mass is 10.1. The van der Waals surface area contributed by atoms with Crippen LogP contribution in [0.25, 0.3) is 0 Å². The summed E-state index contributed by atoms with van der Waals surface area (Å²) in [6.45, 7) is 3.02. The second-order valence-corrected chi connectivity index (χ2v) is 5.12. The summed E-state index contributed by atoms with van der Waals surface area (Å²) in [5.41, 5.74) is 5.57. The van der Waals surface area contributed by atoms with Crippen LogP contribution in [0.2, 0.25) is 0 Å². The molecule has 3 nitrogen and oxygen atoms in total. The van der Waals surface area contributed by atoms with Crippen molar-refractivity contribution in [2.75, 3.05) is 19.0 Å². The fourth-order valence-electron chi connectivity index (χ4n) is 2.00. The van der Waals surface area contributed by atoms with Crippen molar-refractivity contribution in [2.24, 2.45) is 0 Å². The normalized spacial score (nSPS) is 12.4. The molecule has 0 saturated heterocycles. The average molecular weight is 261 g/mol. The summed E-state index contributed by atoms with van der Waals surface area (Å²) in [6.07, 6.45) is 0. The van der Waals surface area contributed by atoms with Crippen LogP contribution in [0, 0.1) is 0 Å². The molecule has 0 saturated carbocycles. The molecule has 0 fully saturated rings. The molecule has 2 aromatic rings. The summed E-state index contributed by atoms with van der Waals surface area (Å²) >= 11 is 1.64. The smallest absolute Gasteiger partial charge is 0.0795 e. The van der Waals surface area contributed by atoms with Gasteiger partial charge in [0, 0.05) is 24.2 Å². The third kappa shape index (κ3) is 2.89. The number of aromatic nitrogens is 1. The quantitative estimate of drug-likeness (QED) is 0.896. The van der Waals surface area contributed by atoms with Gasteiger partial charge in [-0.2, -0.15) is 0 Å². The lowest BCUT2D eigenvalue weighted by molar-refractivity contribution is 0.649. The predicted molar refractivity (Wildman–Crippen MR) is 78.1 cm³/mol. The SMILES string of the molecule is CNC(C)c1ccccc1N(C)Cc1cscn1. The Morgan fingerprint density at radius 3 is 2.83 bits per heavy atom. The van der Waals surface area contributed by atoms with Gasteiger partial charge in [0.2, 0.25) is 0 Å². The molecule has 2 rings (SSSR count). The summed E-state index contributed by atoms with van der Waals surface area (Å²) in [4.78, 5) is 6.59. The molecule has 1 atom stereocenters. The van der Waals surface area contributed by atoms with Crippen LogP contribution in [0.4, 0.5) is 5.69 Å². The molecule has 1 unspecified atom stereocenters. The third-order valence-corrected chi connectivity index (χ3v) is 3.77. The zero-order valence-electron chi connectivity index (χ0n) is 11.1. The van der Waals surface area contributed by atoms with Gasteiger partial charge in [-0.05, 0) is 25.6 Å². The summed E-state index contributed by atoms with van der Waals surface area (Å²) in [5.74, 6) is 0. The minimum atomic E-state index is 0.346. The molecule has 1 aromatic carbocycles. The maximum Gasteiger partial charge on any atom is 0.0795 e. The van der Waals surface area contributed by atoms with Crippen LogP contribution in [0.15, 0.2) is 35.2 Å². The minimum Gasteiger partial charge on any atom is -0.368 e. The second-order valence-electron chi connectivity index (χ2n) is 4.41. The molecule has 1 N–H and O–H groups in total. The Bertz CT molecular complexity index is 482. The molecule has 96 valence electrons. The predicted octanol–water partition coefficient (Wildman–Crippen LogP) is 3.06. The number of nitrogens with one attached hydrogen (secondary N) is 1. The molecule has 0 amide bonds. The summed E-state index contributed by atoms with van der Waals surface area (Å²) in [5, 5.41) is 5.39. The van der Waals surface area contributed by atoms with Crippen LogP contribution in [-0.4, -0.2) is 19.1 Å². The molecule has 0 aliphatic carbocycles. The van der Waals surface area contributed by atoms with Crippen LogP contribution < -0.4 is 10.2 Å². The molecule has 1 heterocycles. The van der Waals surface area contributed by atoms with Gasteiger partial charge in [-0.3, -0.25) is 0 Å². The van der Waals surface area contributed by atoms with Crippen molar-refractivity contribution in [3.8, 4) is 0 Å². The van der Waals surface area contributed by atoms with Crippen LogP contribution in [0.5, 0.6) is 0 Å². The Balaban J connectivity index is 2.21. The van der Waals surface area contributed by atoms with Gasteiger partial charge >= 0.3 is 0 Å². The number of hydrogen-bond acceptors (Lipinski definition) is 4. The van der Waals surface area contributed by atoms with Crippen molar-refractivity contribution in [3.05, 3.63) is 46.4 Å². The molecule has 0 radical (unpaired) electrons. The van der Waals surface area contributed by atoms with Crippen LogP contribution in [0.1, 0.15) is 24.2 Å². The van der Waals surface area contributed by atoms with Crippen LogP contribution in [0.3, 0.4) is 0 Å². The van der Waals surface area contributed by atoms with E-state index in [-0.39, 0.29) is 0 Å². The molecule has 0 spiro atoms. The van der Waals surface area contributed by atoms with Crippen molar-refractivity contribution in [2.45, 2.75) is 19.5 Å². The van der Waals surface area contributed by atoms with Gasteiger partial charge in [0.1, 0.15) is 0 Å². The van der Waals surface area contributed by atoms with E-state index < -0.39 is 0 Å². The number of rotatable bonds is 5. The van der Waals surface area contributed by atoms with Gasteiger partial charge in [0.05, 0.1) is 17.7 Å². The van der Waals surface area contributed by atoms with Gasteiger partial charge < -0.3 is 10.2 Å². The van der Waals surface area contributed by atoms with Gasteiger partial charge in [-0.1, -0.05) is 18.2 Å². The second kappa shape index (κ2) is 5.98. The standard InChI is InChI=1S/C14H19N3S/c1-11(15-2)13-6-4-5-7-14(13)17(3)8-12-9-18-10-16-12/h4-7,9-11,15H,8H2,1-3H3. The highest BCUT2D eigenvalue weighted by Crippen LogP contribution is 2.26. The van der Waals surface area contributed by atoms with E-state index in [2.05, 4.69) is 58.8 Å². The van der Waals surface area contributed by atoms with E-state index in [1.807, 2.05) is 12.6 Å². The number of para-hydroxylation sites is 1. The van der Waals surface area contributed by atoms with Gasteiger partial charge in [-0.15, -0.1) is 11.3 Å². The van der Waals surface area contributed by atoms with Crippen molar-refractivity contribution in [1.82, 2.24) is 10.3 Å². The Kier molecular flexibility index (Phi) is 4.33. The lowest BCUT2D eigenvalue weighted by Crippen LogP contribution is -2.21. The van der Waals surface area contributed by atoms with Gasteiger partial charge in [-0.25, -0.2) is 4.98 Å². The van der Waals surface area contributed by atoms with E-state index >= 15 is 0 Å².